The zero-order valence-electron chi connectivity index (χ0n) is 17.9. The lowest BCUT2D eigenvalue weighted by molar-refractivity contribution is 0.0286. The largest absolute Gasteiger partial charge is 0.494 e. The van der Waals surface area contributed by atoms with Crippen LogP contribution in [0.2, 0.25) is 0 Å². The van der Waals surface area contributed by atoms with Crippen LogP contribution >= 0.6 is 28.6 Å². The van der Waals surface area contributed by atoms with Crippen molar-refractivity contribution in [3.05, 3.63) is 22.4 Å². The van der Waals surface area contributed by atoms with Crippen LogP contribution in [0.15, 0.2) is 16.7 Å². The lowest BCUT2D eigenvalue weighted by Gasteiger charge is -2.24. The summed E-state index contributed by atoms with van der Waals surface area (Å²) in [7, 11) is 1.55. The fraction of sp³-hybridized carbons (Fsp3) is 0.667. The molecule has 1 atom stereocenters. The van der Waals surface area contributed by atoms with Crippen molar-refractivity contribution in [2.45, 2.75) is 60.5 Å². The Morgan fingerprint density at radius 2 is 1.86 bits per heavy atom. The number of amides is 1. The van der Waals surface area contributed by atoms with Crippen molar-refractivity contribution in [1.29, 1.82) is 0 Å². The smallest absolute Gasteiger partial charge is 0.410 e. The first kappa shape index (κ1) is 29.9. The van der Waals surface area contributed by atoms with E-state index in [0.29, 0.717) is 35.6 Å². The molecule has 0 spiro atoms. The van der Waals surface area contributed by atoms with E-state index in [1.165, 1.54) is 0 Å². The first-order chi connectivity index (χ1) is 13.2. The molecule has 0 aromatic carbocycles. The predicted molar refractivity (Wildman–Crippen MR) is 126 cm³/mol. The summed E-state index contributed by atoms with van der Waals surface area (Å²) in [6.07, 6.45) is 2.54. The highest BCUT2D eigenvalue weighted by Crippen LogP contribution is 2.26. The molecule has 0 N–H and O–H groups in total. The molecule has 2 heterocycles. The average molecular weight is 494 g/mol. The van der Waals surface area contributed by atoms with Crippen LogP contribution in [-0.4, -0.2) is 53.8 Å². The van der Waals surface area contributed by atoms with Crippen molar-refractivity contribution in [2.75, 3.05) is 26.5 Å². The minimum Gasteiger partial charge on any atom is -0.494 e. The Kier molecular flexibility index (Phi) is 15.1. The van der Waals surface area contributed by atoms with Gasteiger partial charge in [0.1, 0.15) is 15.9 Å². The van der Waals surface area contributed by atoms with Crippen molar-refractivity contribution in [3.8, 4) is 5.75 Å². The molecule has 1 aliphatic rings. The maximum atomic E-state index is 12.4. The van der Waals surface area contributed by atoms with E-state index in [4.69, 9.17) is 9.47 Å². The molecule has 0 aliphatic carbocycles. The van der Waals surface area contributed by atoms with Crippen molar-refractivity contribution in [3.63, 3.8) is 0 Å². The summed E-state index contributed by atoms with van der Waals surface area (Å²) in [6, 6.07) is 3.37. The average Bonchev–Trinajstić information content (AvgIpc) is 3.12. The summed E-state index contributed by atoms with van der Waals surface area (Å²) < 4.78 is 11.0. The molecule has 0 saturated carbocycles. The van der Waals surface area contributed by atoms with Crippen LogP contribution in [0.5, 0.6) is 5.75 Å². The predicted octanol–water partition coefficient (Wildman–Crippen LogP) is 5.89. The van der Waals surface area contributed by atoms with E-state index < -0.39 is 5.60 Å². The molecule has 0 bridgehead atoms. The second kappa shape index (κ2) is 14.7. The van der Waals surface area contributed by atoms with Gasteiger partial charge in [-0.1, -0.05) is 21.3 Å². The molecule has 29 heavy (non-hydrogen) atoms. The molecule has 168 valence electrons. The quantitative estimate of drug-likeness (QED) is 0.322. The molecule has 1 fully saturated rings. The highest BCUT2D eigenvalue weighted by molar-refractivity contribution is 9.10. The molecule has 1 aliphatic heterocycles. The van der Waals surface area contributed by atoms with Gasteiger partial charge >= 0.3 is 6.09 Å². The number of carbonyl (C=O) groups excluding carboxylic acids is 2. The minimum atomic E-state index is -0.510. The lowest BCUT2D eigenvalue weighted by Crippen LogP contribution is -2.35. The van der Waals surface area contributed by atoms with Crippen molar-refractivity contribution in [2.24, 2.45) is 5.92 Å². The molecule has 6 nitrogen and oxygen atoms in total. The number of ether oxygens (including phenoxy) is 2. The van der Waals surface area contributed by atoms with Crippen LogP contribution in [0.3, 0.4) is 0 Å². The number of ketones is 1. The molecule has 8 heteroatoms. The number of methoxy groups -OCH3 is 1. The molecule has 1 unspecified atom stereocenters. The Bertz CT molecular complexity index is 636. The SMILES string of the molecule is C.CC.COc1ccc(C(=O)CC2CCN(C(=O)OC(C)(C)C)C2)nc1Br.CS. The number of hydrogen-bond donors (Lipinski definition) is 1. The Morgan fingerprint density at radius 1 is 1.28 bits per heavy atom. The third kappa shape index (κ3) is 10.3. The van der Waals surface area contributed by atoms with Gasteiger partial charge in [-0.3, -0.25) is 4.79 Å². The highest BCUT2D eigenvalue weighted by Gasteiger charge is 2.31. The number of likely N-dealkylation sites (tertiary alicyclic amines) is 1. The highest BCUT2D eigenvalue weighted by atomic mass is 79.9. The van der Waals surface area contributed by atoms with E-state index in [0.717, 1.165) is 6.42 Å². The third-order valence-electron chi connectivity index (χ3n) is 3.73. The Labute approximate surface area is 190 Å². The molecule has 1 saturated heterocycles. The molecular weight excluding hydrogens is 456 g/mol. The van der Waals surface area contributed by atoms with Crippen LogP contribution in [0.4, 0.5) is 4.79 Å². The first-order valence-electron chi connectivity index (χ1n) is 9.36. The van der Waals surface area contributed by atoms with Crippen molar-refractivity contribution in [1.82, 2.24) is 9.88 Å². The molecule has 1 aromatic rings. The zero-order valence-corrected chi connectivity index (χ0v) is 20.4. The normalized spacial score (nSPS) is 15.1. The summed E-state index contributed by atoms with van der Waals surface area (Å²) in [5, 5.41) is 0. The van der Waals surface area contributed by atoms with Gasteiger partial charge in [0, 0.05) is 19.5 Å². The fourth-order valence-electron chi connectivity index (χ4n) is 2.59. The van der Waals surface area contributed by atoms with Gasteiger partial charge in [0.15, 0.2) is 11.5 Å². The fourth-order valence-corrected chi connectivity index (χ4v) is 3.07. The van der Waals surface area contributed by atoms with Gasteiger partial charge < -0.3 is 14.4 Å². The summed E-state index contributed by atoms with van der Waals surface area (Å²) >= 11 is 6.81. The maximum absolute atomic E-state index is 12.4. The van der Waals surface area contributed by atoms with E-state index in [-0.39, 0.29) is 25.2 Å². The first-order valence-corrected chi connectivity index (χ1v) is 11.0. The van der Waals surface area contributed by atoms with Gasteiger partial charge in [-0.2, -0.15) is 12.6 Å². The van der Waals surface area contributed by atoms with E-state index in [1.54, 1.807) is 30.4 Å². The number of halogens is 1. The van der Waals surface area contributed by atoms with Crippen molar-refractivity contribution < 1.29 is 19.1 Å². The number of aromatic nitrogens is 1. The van der Waals surface area contributed by atoms with E-state index in [1.807, 2.05) is 34.6 Å². The van der Waals surface area contributed by atoms with Gasteiger partial charge in [-0.05, 0) is 67.4 Å². The molecule has 1 aromatic heterocycles. The van der Waals surface area contributed by atoms with Crippen LogP contribution in [-0.2, 0) is 4.74 Å². The van der Waals surface area contributed by atoms with Crippen molar-refractivity contribution >= 4 is 40.4 Å². The molecule has 0 radical (unpaired) electrons. The third-order valence-corrected chi connectivity index (χ3v) is 4.30. The lowest BCUT2D eigenvalue weighted by atomic mass is 10.00. The van der Waals surface area contributed by atoms with Gasteiger partial charge in [-0.25, -0.2) is 9.78 Å². The Hall–Kier alpha value is -1.28. The topological polar surface area (TPSA) is 68.7 Å². The molecule has 1 amide bonds. The minimum absolute atomic E-state index is 0. The standard InChI is InChI=1S/C17H23BrN2O4.C2H6.CH4S.CH4/c1-17(2,3)24-16(22)20-8-7-11(10-20)9-13(21)12-5-6-14(23-4)15(18)19-12;2*1-2;/h5-6,11H,7-10H2,1-4H3;1-2H3;2H,1H3;1H4. The summed E-state index contributed by atoms with van der Waals surface area (Å²) in [4.78, 5) is 30.4. The second-order valence-corrected chi connectivity index (χ2v) is 7.65. The Morgan fingerprint density at radius 3 is 2.34 bits per heavy atom. The van der Waals surface area contributed by atoms with Crippen LogP contribution in [0.25, 0.3) is 0 Å². The van der Waals surface area contributed by atoms with E-state index in [2.05, 4.69) is 33.5 Å². The monoisotopic (exact) mass is 492 g/mol. The maximum Gasteiger partial charge on any atom is 0.410 e. The van der Waals surface area contributed by atoms with Gasteiger partial charge in [0.2, 0.25) is 0 Å². The number of carbonyl (C=O) groups is 2. The molecule has 2 rings (SSSR count). The number of rotatable bonds is 4. The van der Waals surface area contributed by atoms with E-state index >= 15 is 0 Å². The van der Waals surface area contributed by atoms with Gasteiger partial charge in [0.25, 0.3) is 0 Å². The second-order valence-electron chi connectivity index (χ2n) is 6.90. The summed E-state index contributed by atoms with van der Waals surface area (Å²) in [5.74, 6) is 0.686. The van der Waals surface area contributed by atoms with E-state index in [9.17, 15) is 9.59 Å². The van der Waals surface area contributed by atoms with Gasteiger partial charge in [0.05, 0.1) is 7.11 Å². The summed E-state index contributed by atoms with van der Waals surface area (Å²) in [5.41, 5.74) is -0.108. The van der Waals surface area contributed by atoms with Crippen LogP contribution in [0.1, 0.15) is 65.4 Å². The van der Waals surface area contributed by atoms with Gasteiger partial charge in [-0.15, -0.1) is 0 Å². The Balaban J connectivity index is 0. The number of thiol groups is 1. The van der Waals surface area contributed by atoms with Crippen LogP contribution < -0.4 is 4.74 Å². The number of hydrogen-bond acceptors (Lipinski definition) is 6. The van der Waals surface area contributed by atoms with Crippen LogP contribution in [0, 0.1) is 5.92 Å². The zero-order chi connectivity index (χ0) is 21.9. The number of pyridine rings is 1. The summed E-state index contributed by atoms with van der Waals surface area (Å²) in [6.45, 7) is 10.7. The number of Topliss-reactive ketones (excluding diaryl/α,β-unsaturated/α-hetero) is 1. The molecular formula is C21H37BrN2O4S. The number of nitrogens with zero attached hydrogens (tertiary/aromatic N) is 2.